The smallest absolute Gasteiger partial charge is 0.202 e. The number of nitrogens with two attached hydrogens (primary N) is 1. The SMILES string of the molecule is CCCn1c(N)nc(=NC)c2ccccc21. The Hall–Kier alpha value is -1.84. The average Bonchev–Trinajstić information content (AvgIpc) is 2.32. The first-order valence-corrected chi connectivity index (χ1v) is 5.45. The van der Waals surface area contributed by atoms with Crippen LogP contribution >= 0.6 is 0 Å². The number of nitrogens with zero attached hydrogens (tertiary/aromatic N) is 3. The van der Waals surface area contributed by atoms with Gasteiger partial charge in [-0.2, -0.15) is 4.98 Å². The summed E-state index contributed by atoms with van der Waals surface area (Å²) in [6, 6.07) is 8.08. The molecule has 0 radical (unpaired) electrons. The van der Waals surface area contributed by atoms with E-state index in [0.717, 1.165) is 23.9 Å². The van der Waals surface area contributed by atoms with E-state index in [1.807, 2.05) is 22.8 Å². The highest BCUT2D eigenvalue weighted by Crippen LogP contribution is 2.12. The fourth-order valence-electron chi connectivity index (χ4n) is 1.88. The third-order valence-electron chi connectivity index (χ3n) is 2.59. The maximum atomic E-state index is 5.94. The summed E-state index contributed by atoms with van der Waals surface area (Å²) in [5.74, 6) is 0.529. The van der Waals surface area contributed by atoms with Crippen LogP contribution in [0.1, 0.15) is 13.3 Å². The summed E-state index contributed by atoms with van der Waals surface area (Å²) < 4.78 is 2.03. The highest BCUT2D eigenvalue weighted by atomic mass is 15.1. The molecule has 1 heterocycles. The molecule has 0 aliphatic rings. The van der Waals surface area contributed by atoms with Crippen LogP contribution in [0.2, 0.25) is 0 Å². The number of rotatable bonds is 2. The number of aryl methyl sites for hydroxylation is 1. The van der Waals surface area contributed by atoms with Crippen molar-refractivity contribution < 1.29 is 0 Å². The molecule has 0 saturated carbocycles. The Morgan fingerprint density at radius 2 is 2.12 bits per heavy atom. The van der Waals surface area contributed by atoms with Crippen molar-refractivity contribution in [1.29, 1.82) is 0 Å². The van der Waals surface area contributed by atoms with Crippen molar-refractivity contribution in [3.63, 3.8) is 0 Å². The Labute approximate surface area is 94.5 Å². The van der Waals surface area contributed by atoms with Crippen molar-refractivity contribution in [2.24, 2.45) is 4.99 Å². The number of anilines is 1. The second kappa shape index (κ2) is 4.35. The molecule has 0 unspecified atom stereocenters. The summed E-state index contributed by atoms with van der Waals surface area (Å²) >= 11 is 0. The van der Waals surface area contributed by atoms with Gasteiger partial charge < -0.3 is 10.3 Å². The highest BCUT2D eigenvalue weighted by molar-refractivity contribution is 5.78. The Bertz CT molecular complexity index is 569. The minimum atomic E-state index is 0.529. The third kappa shape index (κ3) is 1.66. The Kier molecular flexibility index (Phi) is 2.90. The number of hydrogen-bond acceptors (Lipinski definition) is 3. The summed E-state index contributed by atoms with van der Waals surface area (Å²) in [5, 5.41) is 1.05. The van der Waals surface area contributed by atoms with Crippen LogP contribution in [0, 0.1) is 0 Å². The van der Waals surface area contributed by atoms with Gasteiger partial charge in [-0.25, -0.2) is 0 Å². The fraction of sp³-hybridized carbons (Fsp3) is 0.333. The third-order valence-corrected chi connectivity index (χ3v) is 2.59. The first-order valence-electron chi connectivity index (χ1n) is 5.45. The molecule has 2 N–H and O–H groups in total. The van der Waals surface area contributed by atoms with Crippen molar-refractivity contribution >= 4 is 16.9 Å². The van der Waals surface area contributed by atoms with E-state index in [4.69, 9.17) is 5.73 Å². The number of hydrogen-bond donors (Lipinski definition) is 1. The van der Waals surface area contributed by atoms with Gasteiger partial charge in [0.05, 0.1) is 5.52 Å². The highest BCUT2D eigenvalue weighted by Gasteiger charge is 2.05. The summed E-state index contributed by atoms with van der Waals surface area (Å²) in [4.78, 5) is 8.47. The van der Waals surface area contributed by atoms with Crippen molar-refractivity contribution in [2.45, 2.75) is 19.9 Å². The van der Waals surface area contributed by atoms with Gasteiger partial charge in [-0.15, -0.1) is 0 Å². The van der Waals surface area contributed by atoms with Crippen LogP contribution in [0.15, 0.2) is 29.3 Å². The first kappa shape index (κ1) is 10.7. The normalized spacial score (nSPS) is 12.2. The van der Waals surface area contributed by atoms with Gasteiger partial charge in [0.2, 0.25) is 5.95 Å². The lowest BCUT2D eigenvalue weighted by atomic mass is 10.2. The molecule has 16 heavy (non-hydrogen) atoms. The van der Waals surface area contributed by atoms with Crippen molar-refractivity contribution in [3.8, 4) is 0 Å². The van der Waals surface area contributed by atoms with Gasteiger partial charge in [0.15, 0.2) is 5.49 Å². The number of fused-ring (bicyclic) bond motifs is 1. The lowest BCUT2D eigenvalue weighted by molar-refractivity contribution is 0.693. The van der Waals surface area contributed by atoms with Crippen molar-refractivity contribution in [1.82, 2.24) is 9.55 Å². The van der Waals surface area contributed by atoms with Gasteiger partial charge >= 0.3 is 0 Å². The molecular weight excluding hydrogens is 200 g/mol. The van der Waals surface area contributed by atoms with Crippen molar-refractivity contribution in [2.75, 3.05) is 12.8 Å². The number of nitrogen functional groups attached to an aromatic ring is 1. The molecule has 84 valence electrons. The molecular formula is C12H16N4. The Morgan fingerprint density at radius 1 is 1.38 bits per heavy atom. The zero-order valence-corrected chi connectivity index (χ0v) is 9.64. The second-order valence-corrected chi connectivity index (χ2v) is 3.69. The first-order chi connectivity index (χ1) is 7.77. The van der Waals surface area contributed by atoms with Gasteiger partial charge in [0.1, 0.15) is 0 Å². The van der Waals surface area contributed by atoms with Crippen LogP contribution in [-0.4, -0.2) is 16.6 Å². The van der Waals surface area contributed by atoms with Gasteiger partial charge in [0, 0.05) is 19.0 Å². The minimum absolute atomic E-state index is 0.529. The molecule has 0 aliphatic carbocycles. The second-order valence-electron chi connectivity index (χ2n) is 3.69. The summed E-state index contributed by atoms with van der Waals surface area (Å²) in [7, 11) is 1.73. The van der Waals surface area contributed by atoms with Crippen LogP contribution in [0.5, 0.6) is 0 Å². The monoisotopic (exact) mass is 216 g/mol. The molecule has 1 aromatic carbocycles. The van der Waals surface area contributed by atoms with E-state index in [2.05, 4.69) is 23.0 Å². The number of para-hydroxylation sites is 1. The molecule has 4 heteroatoms. The maximum Gasteiger partial charge on any atom is 0.202 e. The zero-order valence-electron chi connectivity index (χ0n) is 9.64. The topological polar surface area (TPSA) is 56.2 Å². The minimum Gasteiger partial charge on any atom is -0.369 e. The van der Waals surface area contributed by atoms with E-state index in [1.54, 1.807) is 7.05 Å². The van der Waals surface area contributed by atoms with Crippen LogP contribution < -0.4 is 11.2 Å². The molecule has 0 fully saturated rings. The predicted molar refractivity (Wildman–Crippen MR) is 65.9 cm³/mol. The summed E-state index contributed by atoms with van der Waals surface area (Å²) in [6.45, 7) is 3.00. The van der Waals surface area contributed by atoms with Gasteiger partial charge in [-0.05, 0) is 18.6 Å². The molecule has 4 nitrogen and oxygen atoms in total. The summed E-state index contributed by atoms with van der Waals surface area (Å²) in [5.41, 5.74) is 7.74. The molecule has 0 aliphatic heterocycles. The van der Waals surface area contributed by atoms with Crippen molar-refractivity contribution in [3.05, 3.63) is 29.8 Å². The standard InChI is InChI=1S/C12H16N4/c1-3-8-16-10-7-5-4-6-9(10)11(14-2)15-12(16)13/h4-7H,3,8H2,1-2H3,(H2,13,14,15). The quantitative estimate of drug-likeness (QED) is 0.828. The molecule has 0 atom stereocenters. The van der Waals surface area contributed by atoms with E-state index in [9.17, 15) is 0 Å². The Morgan fingerprint density at radius 3 is 2.81 bits per heavy atom. The number of aromatic nitrogens is 2. The van der Waals surface area contributed by atoms with E-state index in [-0.39, 0.29) is 0 Å². The van der Waals surface area contributed by atoms with Crippen LogP contribution in [-0.2, 0) is 6.54 Å². The lowest BCUT2D eigenvalue weighted by Gasteiger charge is -2.12. The molecule has 2 rings (SSSR count). The van der Waals surface area contributed by atoms with E-state index < -0.39 is 0 Å². The van der Waals surface area contributed by atoms with E-state index in [1.165, 1.54) is 0 Å². The molecule has 0 bridgehead atoms. The fourth-order valence-corrected chi connectivity index (χ4v) is 1.88. The van der Waals surface area contributed by atoms with E-state index >= 15 is 0 Å². The molecule has 2 aromatic rings. The number of benzene rings is 1. The molecule has 1 aromatic heterocycles. The largest absolute Gasteiger partial charge is 0.369 e. The van der Waals surface area contributed by atoms with Gasteiger partial charge in [0.25, 0.3) is 0 Å². The Balaban J connectivity index is 2.87. The molecule has 0 amide bonds. The van der Waals surface area contributed by atoms with Gasteiger partial charge in [-0.3, -0.25) is 4.99 Å². The lowest BCUT2D eigenvalue weighted by Crippen LogP contribution is -2.19. The average molecular weight is 216 g/mol. The van der Waals surface area contributed by atoms with Crippen LogP contribution in [0.3, 0.4) is 0 Å². The molecule has 0 saturated heterocycles. The van der Waals surface area contributed by atoms with Crippen LogP contribution in [0.25, 0.3) is 10.9 Å². The predicted octanol–water partition coefficient (Wildman–Crippen LogP) is 1.56. The van der Waals surface area contributed by atoms with Crippen LogP contribution in [0.4, 0.5) is 5.95 Å². The molecule has 0 spiro atoms. The van der Waals surface area contributed by atoms with E-state index in [0.29, 0.717) is 11.4 Å². The van der Waals surface area contributed by atoms with Gasteiger partial charge in [-0.1, -0.05) is 19.1 Å². The summed E-state index contributed by atoms with van der Waals surface area (Å²) in [6.07, 6.45) is 1.03. The zero-order chi connectivity index (χ0) is 11.5. The maximum absolute atomic E-state index is 5.94.